The Labute approximate surface area is 118 Å². The van der Waals surface area contributed by atoms with E-state index in [1.54, 1.807) is 0 Å². The molecule has 3 N–H and O–H groups in total. The van der Waals surface area contributed by atoms with Gasteiger partial charge in [0.05, 0.1) is 12.4 Å². The van der Waals surface area contributed by atoms with Gasteiger partial charge in [-0.05, 0) is 24.0 Å². The van der Waals surface area contributed by atoms with Crippen LogP contribution in [0, 0.1) is 5.41 Å². The van der Waals surface area contributed by atoms with E-state index >= 15 is 0 Å². The second kappa shape index (κ2) is 6.14. The number of aromatic nitrogens is 2. The highest BCUT2D eigenvalue weighted by molar-refractivity contribution is 5.92. The lowest BCUT2D eigenvalue weighted by atomic mass is 9.98. The number of nitrogen functional groups attached to an aromatic ring is 1. The lowest BCUT2D eigenvalue weighted by Crippen LogP contribution is -2.13. The Morgan fingerprint density at radius 1 is 1.30 bits per heavy atom. The minimum absolute atomic E-state index is 0.107. The lowest BCUT2D eigenvalue weighted by Gasteiger charge is -2.14. The third kappa shape index (κ3) is 3.12. The minimum atomic E-state index is -0.107. The predicted molar refractivity (Wildman–Crippen MR) is 78.3 cm³/mol. The summed E-state index contributed by atoms with van der Waals surface area (Å²) >= 11 is 0. The van der Waals surface area contributed by atoms with Crippen molar-refractivity contribution in [3.8, 4) is 11.6 Å². The molecule has 5 nitrogen and oxygen atoms in total. The van der Waals surface area contributed by atoms with E-state index < -0.39 is 0 Å². The van der Waals surface area contributed by atoms with Crippen molar-refractivity contribution >= 4 is 5.84 Å². The van der Waals surface area contributed by atoms with Crippen LogP contribution in [0.2, 0.25) is 0 Å². The number of nitrogens with zero attached hydrogens (tertiary/aromatic N) is 2. The fourth-order valence-electron chi connectivity index (χ4n) is 1.82. The number of hydrogen-bond acceptors (Lipinski definition) is 4. The SMILES string of the molecule is CCC(C)c1ccccc1Oc1cnc(C(=N)N)cn1. The molecule has 0 radical (unpaired) electrons. The molecule has 0 amide bonds. The molecule has 2 rings (SSSR count). The van der Waals surface area contributed by atoms with Crippen molar-refractivity contribution in [2.75, 3.05) is 0 Å². The molecule has 0 fully saturated rings. The van der Waals surface area contributed by atoms with E-state index in [1.807, 2.05) is 18.2 Å². The Bertz CT molecular complexity index is 595. The van der Waals surface area contributed by atoms with Gasteiger partial charge in [-0.2, -0.15) is 0 Å². The fraction of sp³-hybridized carbons (Fsp3) is 0.267. The first-order valence-electron chi connectivity index (χ1n) is 6.55. The number of benzene rings is 1. The number of nitrogens with one attached hydrogen (secondary N) is 1. The van der Waals surface area contributed by atoms with Crippen LogP contribution in [0.4, 0.5) is 0 Å². The quantitative estimate of drug-likeness (QED) is 0.646. The maximum atomic E-state index is 7.28. The average molecular weight is 270 g/mol. The van der Waals surface area contributed by atoms with Crippen molar-refractivity contribution in [1.82, 2.24) is 9.97 Å². The van der Waals surface area contributed by atoms with Crippen LogP contribution in [0.5, 0.6) is 11.6 Å². The first-order chi connectivity index (χ1) is 9.61. The van der Waals surface area contributed by atoms with Crippen molar-refractivity contribution < 1.29 is 4.74 Å². The van der Waals surface area contributed by atoms with Gasteiger partial charge < -0.3 is 10.5 Å². The van der Waals surface area contributed by atoms with Crippen LogP contribution in [0.1, 0.15) is 37.4 Å². The molecule has 20 heavy (non-hydrogen) atoms. The molecule has 0 aliphatic rings. The summed E-state index contributed by atoms with van der Waals surface area (Å²) in [6, 6.07) is 7.90. The fourth-order valence-corrected chi connectivity index (χ4v) is 1.82. The summed E-state index contributed by atoms with van der Waals surface area (Å²) in [6.07, 6.45) is 3.95. The zero-order chi connectivity index (χ0) is 14.5. The number of nitrogens with two attached hydrogens (primary N) is 1. The predicted octanol–water partition coefficient (Wildman–Crippen LogP) is 3.07. The van der Waals surface area contributed by atoms with E-state index in [1.165, 1.54) is 12.4 Å². The Morgan fingerprint density at radius 2 is 2.05 bits per heavy atom. The first-order valence-corrected chi connectivity index (χ1v) is 6.55. The van der Waals surface area contributed by atoms with E-state index in [4.69, 9.17) is 15.9 Å². The van der Waals surface area contributed by atoms with Gasteiger partial charge in [0.2, 0.25) is 5.88 Å². The molecule has 1 aromatic heterocycles. The largest absolute Gasteiger partial charge is 0.437 e. The van der Waals surface area contributed by atoms with Gasteiger partial charge in [-0.3, -0.25) is 5.41 Å². The van der Waals surface area contributed by atoms with Gasteiger partial charge >= 0.3 is 0 Å². The number of hydrogen-bond donors (Lipinski definition) is 2. The summed E-state index contributed by atoms with van der Waals surface area (Å²) in [5.74, 6) is 1.48. The van der Waals surface area contributed by atoms with Gasteiger partial charge in [-0.1, -0.05) is 32.0 Å². The third-order valence-electron chi connectivity index (χ3n) is 3.18. The number of rotatable bonds is 5. The maximum absolute atomic E-state index is 7.28. The molecule has 1 atom stereocenters. The summed E-state index contributed by atoms with van der Waals surface area (Å²) in [5, 5.41) is 7.28. The highest BCUT2D eigenvalue weighted by Crippen LogP contribution is 2.30. The van der Waals surface area contributed by atoms with Crippen molar-refractivity contribution in [2.24, 2.45) is 5.73 Å². The van der Waals surface area contributed by atoms with Gasteiger partial charge in [0.15, 0.2) is 0 Å². The number of para-hydroxylation sites is 1. The third-order valence-corrected chi connectivity index (χ3v) is 3.18. The van der Waals surface area contributed by atoms with Gasteiger partial charge in [0.1, 0.15) is 17.3 Å². The molecule has 0 saturated carbocycles. The van der Waals surface area contributed by atoms with Crippen LogP contribution in [-0.4, -0.2) is 15.8 Å². The Hall–Kier alpha value is -2.43. The van der Waals surface area contributed by atoms with Crippen LogP contribution < -0.4 is 10.5 Å². The van der Waals surface area contributed by atoms with Crippen LogP contribution in [-0.2, 0) is 0 Å². The van der Waals surface area contributed by atoms with E-state index in [0.717, 1.165) is 17.7 Å². The van der Waals surface area contributed by atoms with Crippen molar-refractivity contribution in [2.45, 2.75) is 26.2 Å². The lowest BCUT2D eigenvalue weighted by molar-refractivity contribution is 0.449. The summed E-state index contributed by atoms with van der Waals surface area (Å²) in [7, 11) is 0. The summed E-state index contributed by atoms with van der Waals surface area (Å²) in [4.78, 5) is 8.15. The second-order valence-corrected chi connectivity index (χ2v) is 4.60. The molecule has 0 saturated heterocycles. The highest BCUT2D eigenvalue weighted by atomic mass is 16.5. The van der Waals surface area contributed by atoms with E-state index in [9.17, 15) is 0 Å². The average Bonchev–Trinajstić information content (AvgIpc) is 2.47. The van der Waals surface area contributed by atoms with Crippen LogP contribution in [0.15, 0.2) is 36.7 Å². The first kappa shape index (κ1) is 14.0. The molecule has 5 heteroatoms. The normalized spacial score (nSPS) is 11.9. The van der Waals surface area contributed by atoms with E-state index in [0.29, 0.717) is 17.5 Å². The monoisotopic (exact) mass is 270 g/mol. The van der Waals surface area contributed by atoms with Gasteiger partial charge in [-0.15, -0.1) is 0 Å². The van der Waals surface area contributed by atoms with Crippen molar-refractivity contribution in [3.05, 3.63) is 47.9 Å². The maximum Gasteiger partial charge on any atom is 0.237 e. The highest BCUT2D eigenvalue weighted by Gasteiger charge is 2.11. The Morgan fingerprint density at radius 3 is 2.65 bits per heavy atom. The smallest absolute Gasteiger partial charge is 0.237 e. The Balaban J connectivity index is 2.23. The summed E-state index contributed by atoms with van der Waals surface area (Å²) in [6.45, 7) is 4.30. The topological polar surface area (TPSA) is 84.9 Å². The van der Waals surface area contributed by atoms with Gasteiger partial charge in [0, 0.05) is 0 Å². The van der Waals surface area contributed by atoms with Gasteiger partial charge in [0.25, 0.3) is 0 Å². The zero-order valence-electron chi connectivity index (χ0n) is 11.6. The molecule has 1 unspecified atom stereocenters. The molecular weight excluding hydrogens is 252 g/mol. The summed E-state index contributed by atoms with van der Waals surface area (Å²) in [5.41, 5.74) is 6.82. The minimum Gasteiger partial charge on any atom is -0.437 e. The number of amidine groups is 1. The standard InChI is InChI=1S/C15H18N4O/c1-3-10(2)11-6-4-5-7-13(11)20-14-9-18-12(8-19-14)15(16)17/h4-10H,3H2,1-2H3,(H3,16,17). The molecule has 0 spiro atoms. The van der Waals surface area contributed by atoms with Crippen LogP contribution in [0.25, 0.3) is 0 Å². The molecule has 2 aromatic rings. The molecule has 0 aliphatic carbocycles. The second-order valence-electron chi connectivity index (χ2n) is 4.60. The summed E-state index contributed by atoms with van der Waals surface area (Å²) < 4.78 is 5.78. The molecule has 0 bridgehead atoms. The van der Waals surface area contributed by atoms with Gasteiger partial charge in [-0.25, -0.2) is 9.97 Å². The molecule has 0 aliphatic heterocycles. The van der Waals surface area contributed by atoms with Crippen molar-refractivity contribution in [3.63, 3.8) is 0 Å². The molecule has 1 heterocycles. The van der Waals surface area contributed by atoms with Crippen molar-refractivity contribution in [1.29, 1.82) is 5.41 Å². The molecule has 104 valence electrons. The van der Waals surface area contributed by atoms with Crippen LogP contribution >= 0.6 is 0 Å². The Kier molecular flexibility index (Phi) is 4.30. The zero-order valence-corrected chi connectivity index (χ0v) is 11.6. The molecular formula is C15H18N4O. The number of ether oxygens (including phenoxy) is 1. The van der Waals surface area contributed by atoms with E-state index in [2.05, 4.69) is 29.9 Å². The molecule has 1 aromatic carbocycles. The van der Waals surface area contributed by atoms with Crippen LogP contribution in [0.3, 0.4) is 0 Å². The van der Waals surface area contributed by atoms with E-state index in [-0.39, 0.29) is 5.84 Å².